The lowest BCUT2D eigenvalue weighted by Gasteiger charge is -2.35. The molecule has 2 fully saturated rings. The van der Waals surface area contributed by atoms with Crippen LogP contribution in [-0.4, -0.2) is 60.8 Å². The van der Waals surface area contributed by atoms with E-state index in [2.05, 4.69) is 5.32 Å². The van der Waals surface area contributed by atoms with Gasteiger partial charge in [-0.3, -0.25) is 4.90 Å². The van der Waals surface area contributed by atoms with Gasteiger partial charge in [0.05, 0.1) is 6.54 Å². The van der Waals surface area contributed by atoms with E-state index in [4.69, 9.17) is 0 Å². The van der Waals surface area contributed by atoms with Crippen LogP contribution >= 0.6 is 0 Å². The van der Waals surface area contributed by atoms with Gasteiger partial charge in [0, 0.05) is 32.2 Å². The second-order valence-electron chi connectivity index (χ2n) is 5.31. The van der Waals surface area contributed by atoms with Crippen LogP contribution in [-0.2, 0) is 0 Å². The average molecular weight is 279 g/mol. The summed E-state index contributed by atoms with van der Waals surface area (Å²) < 4.78 is 36.7. The minimum atomic E-state index is -4.16. The largest absolute Gasteiger partial charge is 0.401 e. The summed E-state index contributed by atoms with van der Waals surface area (Å²) in [5.74, 6) is 0. The molecular formula is C12H20F3N3O. The molecule has 1 saturated carbocycles. The Labute approximate surface area is 110 Å². The Kier molecular flexibility index (Phi) is 4.54. The summed E-state index contributed by atoms with van der Waals surface area (Å²) in [6.07, 6.45) is 0.155. The number of hydrogen-bond donors (Lipinski definition) is 1. The zero-order valence-electron chi connectivity index (χ0n) is 10.9. The molecule has 1 aliphatic heterocycles. The van der Waals surface area contributed by atoms with Gasteiger partial charge in [-0.15, -0.1) is 0 Å². The summed E-state index contributed by atoms with van der Waals surface area (Å²) in [5, 5.41) is 2.96. The number of carbonyl (C=O) groups excluding carboxylic acids is 1. The number of hydrogen-bond acceptors (Lipinski definition) is 2. The number of nitrogens with one attached hydrogen (secondary N) is 1. The van der Waals surface area contributed by atoms with E-state index >= 15 is 0 Å². The fourth-order valence-electron chi connectivity index (χ4n) is 2.70. The lowest BCUT2D eigenvalue weighted by atomic mass is 10.2. The summed E-state index contributed by atoms with van der Waals surface area (Å²) in [6.45, 7) is 0.434. The number of amides is 2. The monoisotopic (exact) mass is 279 g/mol. The van der Waals surface area contributed by atoms with Crippen molar-refractivity contribution in [1.29, 1.82) is 0 Å². The zero-order chi connectivity index (χ0) is 13.9. The molecule has 110 valence electrons. The highest BCUT2D eigenvalue weighted by molar-refractivity contribution is 5.74. The average Bonchev–Trinajstić information content (AvgIpc) is 2.80. The molecule has 0 spiro atoms. The van der Waals surface area contributed by atoms with Crippen molar-refractivity contribution in [2.45, 2.75) is 37.9 Å². The number of alkyl halides is 3. The van der Waals surface area contributed by atoms with Crippen molar-refractivity contribution < 1.29 is 18.0 Å². The number of urea groups is 1. The molecular weight excluding hydrogens is 259 g/mol. The maximum atomic E-state index is 12.2. The minimum Gasteiger partial charge on any atom is -0.335 e. The van der Waals surface area contributed by atoms with Crippen molar-refractivity contribution >= 4 is 6.03 Å². The zero-order valence-corrected chi connectivity index (χ0v) is 10.9. The third kappa shape index (κ3) is 4.56. The Bertz CT molecular complexity index is 308. The Morgan fingerprint density at radius 2 is 1.68 bits per heavy atom. The summed E-state index contributed by atoms with van der Waals surface area (Å²) in [5.41, 5.74) is 0. The first-order valence-electron chi connectivity index (χ1n) is 6.78. The Morgan fingerprint density at radius 1 is 1.11 bits per heavy atom. The van der Waals surface area contributed by atoms with E-state index in [-0.39, 0.29) is 25.2 Å². The Hall–Kier alpha value is -0.980. The van der Waals surface area contributed by atoms with Gasteiger partial charge in [0.1, 0.15) is 0 Å². The standard InChI is InChI=1S/C12H20F3N3O/c13-12(14,15)9-17-5-7-18(8-6-17)11(19)16-10-3-1-2-4-10/h10H,1-9H2,(H,16,19). The topological polar surface area (TPSA) is 35.6 Å². The molecule has 2 amide bonds. The van der Waals surface area contributed by atoms with Gasteiger partial charge < -0.3 is 10.2 Å². The van der Waals surface area contributed by atoms with Crippen LogP contribution in [0.15, 0.2) is 0 Å². The third-order valence-electron chi connectivity index (χ3n) is 3.75. The predicted molar refractivity (Wildman–Crippen MR) is 64.9 cm³/mol. The van der Waals surface area contributed by atoms with Crippen molar-refractivity contribution in [1.82, 2.24) is 15.1 Å². The summed E-state index contributed by atoms with van der Waals surface area (Å²) in [6, 6.07) is 0.124. The number of rotatable bonds is 2. The van der Waals surface area contributed by atoms with Crippen LogP contribution < -0.4 is 5.32 Å². The van der Waals surface area contributed by atoms with Gasteiger partial charge in [-0.05, 0) is 12.8 Å². The van der Waals surface area contributed by atoms with Crippen LogP contribution in [0.3, 0.4) is 0 Å². The SMILES string of the molecule is O=C(NC1CCCC1)N1CCN(CC(F)(F)F)CC1. The van der Waals surface area contributed by atoms with E-state index in [9.17, 15) is 18.0 Å². The van der Waals surface area contributed by atoms with Crippen molar-refractivity contribution in [2.75, 3.05) is 32.7 Å². The first kappa shape index (κ1) is 14.4. The van der Waals surface area contributed by atoms with Crippen LogP contribution in [0.4, 0.5) is 18.0 Å². The molecule has 1 N–H and O–H groups in total. The normalized spacial score (nSPS) is 22.8. The van der Waals surface area contributed by atoms with Gasteiger partial charge in [-0.2, -0.15) is 13.2 Å². The van der Waals surface area contributed by atoms with E-state index in [0.29, 0.717) is 13.1 Å². The number of halogens is 3. The molecule has 1 aliphatic carbocycles. The molecule has 19 heavy (non-hydrogen) atoms. The molecule has 0 radical (unpaired) electrons. The van der Waals surface area contributed by atoms with Crippen LogP contribution in [0.1, 0.15) is 25.7 Å². The van der Waals surface area contributed by atoms with E-state index < -0.39 is 12.7 Å². The van der Waals surface area contributed by atoms with E-state index in [1.54, 1.807) is 4.90 Å². The maximum absolute atomic E-state index is 12.2. The van der Waals surface area contributed by atoms with Crippen LogP contribution in [0.2, 0.25) is 0 Å². The van der Waals surface area contributed by atoms with Crippen LogP contribution in [0, 0.1) is 0 Å². The Morgan fingerprint density at radius 3 is 2.21 bits per heavy atom. The van der Waals surface area contributed by atoms with E-state index in [1.165, 1.54) is 4.90 Å². The molecule has 2 rings (SSSR count). The second kappa shape index (κ2) is 5.98. The molecule has 0 atom stereocenters. The fraction of sp³-hybridized carbons (Fsp3) is 0.917. The van der Waals surface area contributed by atoms with Gasteiger partial charge in [-0.25, -0.2) is 4.79 Å². The summed E-state index contributed by atoms with van der Waals surface area (Å²) >= 11 is 0. The lowest BCUT2D eigenvalue weighted by molar-refractivity contribution is -0.148. The number of piperazine rings is 1. The molecule has 0 aromatic heterocycles. The summed E-state index contributed by atoms with van der Waals surface area (Å²) in [4.78, 5) is 14.9. The lowest BCUT2D eigenvalue weighted by Crippen LogP contribution is -2.54. The van der Waals surface area contributed by atoms with Crippen molar-refractivity contribution in [2.24, 2.45) is 0 Å². The highest BCUT2D eigenvalue weighted by Gasteiger charge is 2.33. The van der Waals surface area contributed by atoms with E-state index in [0.717, 1.165) is 25.7 Å². The Balaban J connectivity index is 1.71. The number of nitrogens with zero attached hydrogens (tertiary/aromatic N) is 2. The quantitative estimate of drug-likeness (QED) is 0.837. The maximum Gasteiger partial charge on any atom is 0.401 e. The predicted octanol–water partition coefficient (Wildman–Crippen LogP) is 1.82. The molecule has 0 bridgehead atoms. The fourth-order valence-corrected chi connectivity index (χ4v) is 2.70. The van der Waals surface area contributed by atoms with E-state index in [1.807, 2.05) is 0 Å². The third-order valence-corrected chi connectivity index (χ3v) is 3.75. The molecule has 2 aliphatic rings. The molecule has 1 saturated heterocycles. The van der Waals surface area contributed by atoms with Crippen molar-refractivity contribution in [3.05, 3.63) is 0 Å². The minimum absolute atomic E-state index is 0.126. The first-order valence-corrected chi connectivity index (χ1v) is 6.78. The molecule has 7 heteroatoms. The summed E-state index contributed by atoms with van der Waals surface area (Å²) in [7, 11) is 0. The van der Waals surface area contributed by atoms with Crippen LogP contribution in [0.5, 0.6) is 0 Å². The molecule has 0 aromatic rings. The molecule has 4 nitrogen and oxygen atoms in total. The van der Waals surface area contributed by atoms with Crippen molar-refractivity contribution in [3.8, 4) is 0 Å². The van der Waals surface area contributed by atoms with Gasteiger partial charge in [0.2, 0.25) is 0 Å². The van der Waals surface area contributed by atoms with Crippen LogP contribution in [0.25, 0.3) is 0 Å². The first-order chi connectivity index (χ1) is 8.94. The highest BCUT2D eigenvalue weighted by Crippen LogP contribution is 2.19. The van der Waals surface area contributed by atoms with Gasteiger partial charge >= 0.3 is 12.2 Å². The molecule has 0 unspecified atom stereocenters. The molecule has 1 heterocycles. The number of carbonyl (C=O) groups is 1. The van der Waals surface area contributed by atoms with Gasteiger partial charge in [0.25, 0.3) is 0 Å². The van der Waals surface area contributed by atoms with Crippen molar-refractivity contribution in [3.63, 3.8) is 0 Å². The second-order valence-corrected chi connectivity index (χ2v) is 5.31. The highest BCUT2D eigenvalue weighted by atomic mass is 19.4. The molecule has 0 aromatic carbocycles. The van der Waals surface area contributed by atoms with Gasteiger partial charge in [0.15, 0.2) is 0 Å². The smallest absolute Gasteiger partial charge is 0.335 e. The van der Waals surface area contributed by atoms with Gasteiger partial charge in [-0.1, -0.05) is 12.8 Å².